The van der Waals surface area contributed by atoms with Crippen LogP contribution in [0, 0.1) is 0 Å². The van der Waals surface area contributed by atoms with E-state index >= 15 is 0 Å². The standard InChI is InChI=1S/C16H13Cl2N5O/c17-11-6-4-10(5-7-11)9-19-16(24)14-15(22-23-21-14)20-13-3-1-2-12(18)8-13/h1-8H,9H2,(H,19,24)(H2,20,21,22,23). The van der Waals surface area contributed by atoms with Gasteiger partial charge in [0.25, 0.3) is 5.91 Å². The number of hydrogen-bond acceptors (Lipinski definition) is 4. The number of nitrogens with zero attached hydrogens (tertiary/aromatic N) is 2. The molecular weight excluding hydrogens is 349 g/mol. The van der Waals surface area contributed by atoms with Gasteiger partial charge in [0.15, 0.2) is 11.5 Å². The number of carbonyl (C=O) groups excluding carboxylic acids is 1. The third-order valence-corrected chi connectivity index (χ3v) is 3.70. The van der Waals surface area contributed by atoms with Crippen molar-refractivity contribution in [3.63, 3.8) is 0 Å². The van der Waals surface area contributed by atoms with Crippen LogP contribution in [0.5, 0.6) is 0 Å². The average Bonchev–Trinajstić information content (AvgIpc) is 3.02. The highest BCUT2D eigenvalue weighted by molar-refractivity contribution is 6.31. The third-order valence-electron chi connectivity index (χ3n) is 3.22. The van der Waals surface area contributed by atoms with Gasteiger partial charge in [-0.25, -0.2) is 0 Å². The maximum Gasteiger partial charge on any atom is 0.275 e. The molecule has 24 heavy (non-hydrogen) atoms. The number of benzene rings is 2. The summed E-state index contributed by atoms with van der Waals surface area (Å²) >= 11 is 11.8. The Morgan fingerprint density at radius 1 is 1.04 bits per heavy atom. The molecule has 0 unspecified atom stereocenters. The van der Waals surface area contributed by atoms with Gasteiger partial charge in [-0.05, 0) is 35.9 Å². The molecule has 1 amide bonds. The Balaban J connectivity index is 1.67. The van der Waals surface area contributed by atoms with Gasteiger partial charge in [-0.1, -0.05) is 41.4 Å². The van der Waals surface area contributed by atoms with Crippen LogP contribution in [0.2, 0.25) is 10.0 Å². The second-order valence-corrected chi connectivity index (χ2v) is 5.84. The zero-order valence-electron chi connectivity index (χ0n) is 12.4. The molecule has 0 bridgehead atoms. The number of hydrogen-bond donors (Lipinski definition) is 3. The van der Waals surface area contributed by atoms with Crippen LogP contribution in [0.1, 0.15) is 16.1 Å². The predicted molar refractivity (Wildman–Crippen MR) is 93.7 cm³/mol. The van der Waals surface area contributed by atoms with Crippen molar-refractivity contribution in [2.45, 2.75) is 6.54 Å². The number of anilines is 2. The van der Waals surface area contributed by atoms with Crippen molar-refractivity contribution in [1.29, 1.82) is 0 Å². The Hall–Kier alpha value is -2.57. The first-order chi connectivity index (χ1) is 11.6. The molecule has 0 saturated heterocycles. The lowest BCUT2D eigenvalue weighted by Crippen LogP contribution is -2.24. The minimum absolute atomic E-state index is 0.170. The van der Waals surface area contributed by atoms with Crippen molar-refractivity contribution < 1.29 is 4.79 Å². The molecule has 3 aromatic rings. The molecule has 3 N–H and O–H groups in total. The number of nitrogens with one attached hydrogen (secondary N) is 3. The lowest BCUT2D eigenvalue weighted by Gasteiger charge is -2.07. The van der Waals surface area contributed by atoms with Gasteiger partial charge >= 0.3 is 0 Å². The predicted octanol–water partition coefficient (Wildman–Crippen LogP) is 3.79. The summed E-state index contributed by atoms with van der Waals surface area (Å²) in [6.07, 6.45) is 0. The second kappa shape index (κ2) is 7.33. The number of H-pyrrole nitrogens is 1. The third kappa shape index (κ3) is 4.04. The highest BCUT2D eigenvalue weighted by Crippen LogP contribution is 2.20. The normalized spacial score (nSPS) is 10.4. The van der Waals surface area contributed by atoms with Crippen molar-refractivity contribution in [2.75, 3.05) is 5.32 Å². The smallest absolute Gasteiger partial charge is 0.275 e. The fourth-order valence-corrected chi connectivity index (χ4v) is 2.36. The van der Waals surface area contributed by atoms with Crippen molar-refractivity contribution in [2.24, 2.45) is 0 Å². The number of aromatic nitrogens is 3. The van der Waals surface area contributed by atoms with Crippen molar-refractivity contribution in [1.82, 2.24) is 20.7 Å². The fourth-order valence-electron chi connectivity index (χ4n) is 2.05. The first-order valence-electron chi connectivity index (χ1n) is 7.08. The van der Waals surface area contributed by atoms with Gasteiger partial charge in [0.05, 0.1) is 0 Å². The molecule has 1 aromatic heterocycles. The van der Waals surface area contributed by atoms with Crippen LogP contribution in [0.3, 0.4) is 0 Å². The molecule has 0 radical (unpaired) electrons. The van der Waals surface area contributed by atoms with E-state index in [4.69, 9.17) is 23.2 Å². The molecule has 0 saturated carbocycles. The number of aromatic amines is 1. The minimum Gasteiger partial charge on any atom is -0.346 e. The Morgan fingerprint density at radius 3 is 2.58 bits per heavy atom. The monoisotopic (exact) mass is 361 g/mol. The topological polar surface area (TPSA) is 82.7 Å². The van der Waals surface area contributed by atoms with E-state index in [-0.39, 0.29) is 11.6 Å². The van der Waals surface area contributed by atoms with E-state index in [1.807, 2.05) is 18.2 Å². The molecule has 0 spiro atoms. The molecule has 0 aliphatic carbocycles. The lowest BCUT2D eigenvalue weighted by atomic mass is 10.2. The largest absolute Gasteiger partial charge is 0.346 e. The van der Waals surface area contributed by atoms with Gasteiger partial charge in [-0.2, -0.15) is 5.21 Å². The van der Waals surface area contributed by atoms with Crippen LogP contribution in [0.25, 0.3) is 0 Å². The summed E-state index contributed by atoms with van der Waals surface area (Å²) in [4.78, 5) is 12.3. The summed E-state index contributed by atoms with van der Waals surface area (Å²) < 4.78 is 0. The molecule has 6 nitrogen and oxygen atoms in total. The first-order valence-corrected chi connectivity index (χ1v) is 7.83. The van der Waals surface area contributed by atoms with Gasteiger partial charge < -0.3 is 10.6 Å². The molecule has 3 rings (SSSR count). The number of carbonyl (C=O) groups is 1. The van der Waals surface area contributed by atoms with E-state index in [0.717, 1.165) is 5.56 Å². The first kappa shape index (κ1) is 16.3. The van der Waals surface area contributed by atoms with Gasteiger partial charge in [0.2, 0.25) is 0 Å². The van der Waals surface area contributed by atoms with Gasteiger partial charge in [0, 0.05) is 22.3 Å². The molecule has 0 atom stereocenters. The number of halogens is 2. The molecule has 122 valence electrons. The van der Waals surface area contributed by atoms with Crippen LogP contribution in [-0.2, 0) is 6.54 Å². The zero-order chi connectivity index (χ0) is 16.9. The highest BCUT2D eigenvalue weighted by atomic mass is 35.5. The molecule has 8 heteroatoms. The van der Waals surface area contributed by atoms with Gasteiger partial charge in [-0.3, -0.25) is 4.79 Å². The Kier molecular flexibility index (Phi) is 4.98. The van der Waals surface area contributed by atoms with Gasteiger partial charge in [0.1, 0.15) is 0 Å². The average molecular weight is 362 g/mol. The fraction of sp³-hybridized carbons (Fsp3) is 0.0625. The minimum atomic E-state index is -0.344. The van der Waals surface area contributed by atoms with E-state index in [1.165, 1.54) is 0 Å². The van der Waals surface area contributed by atoms with Crippen molar-refractivity contribution >= 4 is 40.6 Å². The Bertz CT molecular complexity index is 848. The van der Waals surface area contributed by atoms with E-state index in [1.54, 1.807) is 30.3 Å². The number of rotatable bonds is 5. The quantitative estimate of drug-likeness (QED) is 0.645. The van der Waals surface area contributed by atoms with E-state index in [9.17, 15) is 4.79 Å². The van der Waals surface area contributed by atoms with Crippen molar-refractivity contribution in [3.8, 4) is 0 Å². The number of amides is 1. The summed E-state index contributed by atoms with van der Waals surface area (Å²) in [5, 5.41) is 17.3. The van der Waals surface area contributed by atoms with E-state index in [2.05, 4.69) is 26.0 Å². The summed E-state index contributed by atoms with van der Waals surface area (Å²) in [6, 6.07) is 14.3. The van der Waals surface area contributed by atoms with Crippen LogP contribution in [-0.4, -0.2) is 21.3 Å². The Labute approximate surface area is 148 Å². The van der Waals surface area contributed by atoms with E-state index in [0.29, 0.717) is 28.1 Å². The van der Waals surface area contributed by atoms with Crippen molar-refractivity contribution in [3.05, 3.63) is 69.8 Å². The summed E-state index contributed by atoms with van der Waals surface area (Å²) in [6.45, 7) is 0.361. The molecule has 0 aliphatic heterocycles. The van der Waals surface area contributed by atoms with Crippen LogP contribution >= 0.6 is 23.2 Å². The zero-order valence-corrected chi connectivity index (χ0v) is 13.9. The highest BCUT2D eigenvalue weighted by Gasteiger charge is 2.16. The molecule has 1 heterocycles. The van der Waals surface area contributed by atoms with E-state index < -0.39 is 0 Å². The maximum atomic E-state index is 12.3. The SMILES string of the molecule is O=C(NCc1ccc(Cl)cc1)c1n[nH]nc1Nc1cccc(Cl)c1. The van der Waals surface area contributed by atoms with Gasteiger partial charge in [-0.15, -0.1) is 10.2 Å². The molecule has 2 aromatic carbocycles. The Morgan fingerprint density at radius 2 is 1.83 bits per heavy atom. The molecule has 0 aliphatic rings. The lowest BCUT2D eigenvalue weighted by molar-refractivity contribution is 0.0946. The van der Waals surface area contributed by atoms with Crippen LogP contribution in [0.4, 0.5) is 11.5 Å². The molecular formula is C16H13Cl2N5O. The molecule has 0 fully saturated rings. The summed E-state index contributed by atoms with van der Waals surface area (Å²) in [5.74, 6) is -0.0194. The summed E-state index contributed by atoms with van der Waals surface area (Å²) in [5.41, 5.74) is 1.81. The van der Waals surface area contributed by atoms with Crippen LogP contribution in [0.15, 0.2) is 48.5 Å². The summed E-state index contributed by atoms with van der Waals surface area (Å²) in [7, 11) is 0. The van der Waals surface area contributed by atoms with Crippen LogP contribution < -0.4 is 10.6 Å². The second-order valence-electron chi connectivity index (χ2n) is 4.97. The maximum absolute atomic E-state index is 12.3.